The minimum Gasteiger partial charge on any atom is -0.454 e. The summed E-state index contributed by atoms with van der Waals surface area (Å²) in [6.07, 6.45) is 0. The van der Waals surface area contributed by atoms with Crippen LogP contribution in [0.4, 0.5) is 0 Å². The second kappa shape index (κ2) is 3.12. The van der Waals surface area contributed by atoms with Crippen molar-refractivity contribution in [1.29, 1.82) is 0 Å². The van der Waals surface area contributed by atoms with E-state index in [0.717, 1.165) is 0 Å². The van der Waals surface area contributed by atoms with Crippen molar-refractivity contribution in [3.05, 3.63) is 22.4 Å². The Kier molecular flexibility index (Phi) is 1.87. The molecule has 0 saturated heterocycles. The number of aromatic nitrogens is 2. The van der Waals surface area contributed by atoms with Gasteiger partial charge in [-0.3, -0.25) is 0 Å². The normalized spacial score (nSPS) is 13.5. The highest BCUT2D eigenvalue weighted by molar-refractivity contribution is 6.40. The molecule has 0 saturated carbocycles. The third-order valence-corrected chi connectivity index (χ3v) is 2.70. The summed E-state index contributed by atoms with van der Waals surface area (Å²) in [6, 6.07) is 3.46. The molecule has 1 aliphatic rings. The summed E-state index contributed by atoms with van der Waals surface area (Å²) >= 11 is 11.5. The summed E-state index contributed by atoms with van der Waals surface area (Å²) in [4.78, 5) is 8.18. The molecule has 1 aromatic carbocycles. The largest absolute Gasteiger partial charge is 0.454 e. The third-order valence-electron chi connectivity index (χ3n) is 2.08. The van der Waals surface area contributed by atoms with E-state index in [1.54, 1.807) is 12.1 Å². The molecule has 2 aromatic rings. The molecule has 0 N–H and O–H groups in total. The van der Waals surface area contributed by atoms with E-state index in [4.69, 9.17) is 32.7 Å². The fraction of sp³-hybridized carbons (Fsp3) is 0.111. The van der Waals surface area contributed by atoms with E-state index in [-0.39, 0.29) is 17.1 Å². The van der Waals surface area contributed by atoms with Crippen LogP contribution in [0.5, 0.6) is 11.5 Å². The van der Waals surface area contributed by atoms with Crippen LogP contribution in [0.1, 0.15) is 0 Å². The van der Waals surface area contributed by atoms with Gasteiger partial charge in [-0.15, -0.1) is 0 Å². The number of hydrogen-bond acceptors (Lipinski definition) is 4. The van der Waals surface area contributed by atoms with E-state index >= 15 is 0 Å². The second-order valence-corrected chi connectivity index (χ2v) is 3.72. The van der Waals surface area contributed by atoms with Crippen molar-refractivity contribution in [2.24, 2.45) is 0 Å². The first kappa shape index (κ1) is 9.00. The molecule has 0 amide bonds. The quantitative estimate of drug-likeness (QED) is 0.713. The van der Waals surface area contributed by atoms with Crippen LogP contribution in [0.15, 0.2) is 12.1 Å². The van der Waals surface area contributed by atoms with Gasteiger partial charge in [-0.05, 0) is 0 Å². The molecule has 0 radical (unpaired) electrons. The van der Waals surface area contributed by atoms with Crippen LogP contribution in [0, 0.1) is 0 Å². The molecule has 76 valence electrons. The van der Waals surface area contributed by atoms with Crippen molar-refractivity contribution in [1.82, 2.24) is 9.97 Å². The van der Waals surface area contributed by atoms with Gasteiger partial charge in [0.1, 0.15) is 0 Å². The second-order valence-electron chi connectivity index (χ2n) is 3.00. The van der Waals surface area contributed by atoms with Gasteiger partial charge in [-0.25, -0.2) is 9.97 Å². The highest BCUT2D eigenvalue weighted by Crippen LogP contribution is 2.35. The smallest absolute Gasteiger partial charge is 0.231 e. The topological polar surface area (TPSA) is 44.2 Å². The van der Waals surface area contributed by atoms with Crippen LogP contribution < -0.4 is 9.47 Å². The number of fused-ring (bicyclic) bond motifs is 2. The fourth-order valence-corrected chi connectivity index (χ4v) is 1.67. The van der Waals surface area contributed by atoms with E-state index in [9.17, 15) is 0 Å². The van der Waals surface area contributed by atoms with Crippen LogP contribution >= 0.6 is 23.2 Å². The zero-order valence-electron chi connectivity index (χ0n) is 7.33. The Morgan fingerprint density at radius 1 is 0.933 bits per heavy atom. The Labute approximate surface area is 94.7 Å². The van der Waals surface area contributed by atoms with Gasteiger partial charge in [-0.2, -0.15) is 0 Å². The summed E-state index contributed by atoms with van der Waals surface area (Å²) in [6.45, 7) is 0.215. The van der Waals surface area contributed by atoms with Crippen LogP contribution in [0.2, 0.25) is 10.3 Å². The van der Waals surface area contributed by atoms with Gasteiger partial charge in [0.15, 0.2) is 21.8 Å². The number of nitrogens with zero attached hydrogens (tertiary/aromatic N) is 2. The summed E-state index contributed by atoms with van der Waals surface area (Å²) in [5.74, 6) is 1.30. The lowest BCUT2D eigenvalue weighted by molar-refractivity contribution is 0.174. The minimum absolute atomic E-state index is 0.183. The number of rotatable bonds is 0. The SMILES string of the molecule is Clc1nc2cc3c(cc2nc1Cl)OCO3. The number of hydrogen-bond donors (Lipinski definition) is 0. The lowest BCUT2D eigenvalue weighted by Crippen LogP contribution is -1.92. The lowest BCUT2D eigenvalue weighted by atomic mass is 10.2. The van der Waals surface area contributed by atoms with Gasteiger partial charge >= 0.3 is 0 Å². The zero-order chi connectivity index (χ0) is 10.4. The summed E-state index contributed by atoms with van der Waals surface area (Å²) in [5.41, 5.74) is 1.27. The molecule has 0 atom stereocenters. The van der Waals surface area contributed by atoms with Crippen LogP contribution in [0.25, 0.3) is 11.0 Å². The van der Waals surface area contributed by atoms with Crippen LogP contribution in [0.3, 0.4) is 0 Å². The van der Waals surface area contributed by atoms with E-state index in [0.29, 0.717) is 22.5 Å². The molecule has 1 aliphatic heterocycles. The Morgan fingerprint density at radius 3 is 1.87 bits per heavy atom. The van der Waals surface area contributed by atoms with E-state index < -0.39 is 0 Å². The van der Waals surface area contributed by atoms with Gasteiger partial charge in [-0.1, -0.05) is 23.2 Å². The van der Waals surface area contributed by atoms with Crippen molar-refractivity contribution in [2.45, 2.75) is 0 Å². The maximum absolute atomic E-state index is 5.76. The van der Waals surface area contributed by atoms with Crippen LogP contribution in [-0.2, 0) is 0 Å². The molecule has 3 rings (SSSR count). The first-order chi connectivity index (χ1) is 7.24. The van der Waals surface area contributed by atoms with Crippen molar-refractivity contribution in [3.8, 4) is 11.5 Å². The van der Waals surface area contributed by atoms with Crippen LogP contribution in [-0.4, -0.2) is 16.8 Å². The summed E-state index contributed by atoms with van der Waals surface area (Å²) < 4.78 is 10.4. The predicted molar refractivity (Wildman–Crippen MR) is 55.7 cm³/mol. The molecule has 2 heterocycles. The molecule has 6 heteroatoms. The number of benzene rings is 1. The van der Waals surface area contributed by atoms with E-state index in [1.165, 1.54) is 0 Å². The monoisotopic (exact) mass is 242 g/mol. The molecular weight excluding hydrogens is 239 g/mol. The van der Waals surface area contributed by atoms with Gasteiger partial charge in [0.2, 0.25) is 6.79 Å². The maximum atomic E-state index is 5.76. The van der Waals surface area contributed by atoms with Gasteiger partial charge < -0.3 is 9.47 Å². The molecule has 4 nitrogen and oxygen atoms in total. The molecule has 0 fully saturated rings. The molecule has 15 heavy (non-hydrogen) atoms. The number of ether oxygens (including phenoxy) is 2. The highest BCUT2D eigenvalue weighted by Gasteiger charge is 2.16. The Hall–Kier alpha value is -1.26. The Morgan fingerprint density at radius 2 is 1.40 bits per heavy atom. The Bertz CT molecular complexity index is 511. The standard InChI is InChI=1S/C9H4Cl2N2O2/c10-8-9(11)13-5-2-7-6(14-3-15-7)1-4(5)12-8/h1-2H,3H2. The van der Waals surface area contributed by atoms with Crippen molar-refractivity contribution in [3.63, 3.8) is 0 Å². The molecule has 1 aromatic heterocycles. The lowest BCUT2D eigenvalue weighted by Gasteiger charge is -2.01. The first-order valence-corrected chi connectivity index (χ1v) is 4.92. The first-order valence-electron chi connectivity index (χ1n) is 4.16. The minimum atomic E-state index is 0.183. The van der Waals surface area contributed by atoms with E-state index in [1.807, 2.05) is 0 Å². The van der Waals surface area contributed by atoms with Crippen molar-refractivity contribution >= 4 is 34.2 Å². The fourth-order valence-electron chi connectivity index (χ4n) is 1.40. The average Bonchev–Trinajstić information content (AvgIpc) is 2.63. The highest BCUT2D eigenvalue weighted by atomic mass is 35.5. The molecule has 0 bridgehead atoms. The molecule has 0 unspecified atom stereocenters. The van der Waals surface area contributed by atoms with Gasteiger partial charge in [0, 0.05) is 12.1 Å². The maximum Gasteiger partial charge on any atom is 0.231 e. The van der Waals surface area contributed by atoms with Crippen molar-refractivity contribution < 1.29 is 9.47 Å². The van der Waals surface area contributed by atoms with Gasteiger partial charge in [0.25, 0.3) is 0 Å². The molecular formula is C9H4Cl2N2O2. The van der Waals surface area contributed by atoms with Crippen molar-refractivity contribution in [2.75, 3.05) is 6.79 Å². The third kappa shape index (κ3) is 1.37. The summed E-state index contributed by atoms with van der Waals surface area (Å²) in [7, 11) is 0. The Balaban J connectivity index is 2.34. The average molecular weight is 243 g/mol. The predicted octanol–water partition coefficient (Wildman–Crippen LogP) is 2.67. The molecule has 0 aliphatic carbocycles. The van der Waals surface area contributed by atoms with E-state index in [2.05, 4.69) is 9.97 Å². The zero-order valence-corrected chi connectivity index (χ0v) is 8.84. The summed E-state index contributed by atoms with van der Waals surface area (Å²) in [5, 5.41) is 0.367. The molecule has 0 spiro atoms. The van der Waals surface area contributed by atoms with Gasteiger partial charge in [0.05, 0.1) is 11.0 Å². The number of halogens is 2.